The number of hydrogen-bond donors (Lipinski definition) is 2. The zero-order chi connectivity index (χ0) is 29.5. The first-order chi connectivity index (χ1) is 17.4. The number of carbonyl (C=O) groups is 3. The first-order valence-corrected chi connectivity index (χ1v) is 11.3. The van der Waals surface area contributed by atoms with E-state index in [-0.39, 0.29) is 11.9 Å². The normalized spacial score (nSPS) is 20.6. The van der Waals surface area contributed by atoms with Crippen LogP contribution in [0.4, 0.5) is 26.3 Å². The average molecular weight is 560 g/mol. The van der Waals surface area contributed by atoms with E-state index in [1.807, 2.05) is 30.5 Å². The van der Waals surface area contributed by atoms with Gasteiger partial charge in [-0.05, 0) is 20.3 Å². The number of carboxylic acid groups (broad SMARTS) is 2. The Bertz CT molecular complexity index is 957. The SMILES string of the molecule is C=CCN1CCN(C(C)C)C(=O)C12CCN(Cc1cncn1C)C2.O=C(O)C(F)(F)F.O=C(O)C(F)(F)F. The van der Waals surface area contributed by atoms with Gasteiger partial charge in [-0.25, -0.2) is 14.6 Å². The Kier molecular flexibility index (Phi) is 11.3. The van der Waals surface area contributed by atoms with Gasteiger partial charge in [0.25, 0.3) is 0 Å². The maximum absolute atomic E-state index is 13.3. The number of likely N-dealkylation sites (tertiary alicyclic amines) is 1. The minimum Gasteiger partial charge on any atom is -0.475 e. The van der Waals surface area contributed by atoms with Crippen LogP contribution >= 0.6 is 0 Å². The number of nitrogens with zero attached hydrogens (tertiary/aromatic N) is 5. The minimum atomic E-state index is -5.08. The van der Waals surface area contributed by atoms with Crippen LogP contribution in [0.3, 0.4) is 0 Å². The molecule has 1 unspecified atom stereocenters. The highest BCUT2D eigenvalue weighted by atomic mass is 19.4. The highest BCUT2D eigenvalue weighted by Gasteiger charge is 2.53. The van der Waals surface area contributed by atoms with Crippen molar-refractivity contribution >= 4 is 17.8 Å². The van der Waals surface area contributed by atoms with E-state index < -0.39 is 29.8 Å². The third-order valence-corrected chi connectivity index (χ3v) is 5.96. The topological polar surface area (TPSA) is 119 Å². The van der Waals surface area contributed by atoms with Crippen LogP contribution < -0.4 is 0 Å². The lowest BCUT2D eigenvalue weighted by molar-refractivity contribution is -0.193. The lowest BCUT2D eigenvalue weighted by Gasteiger charge is -2.48. The summed E-state index contributed by atoms with van der Waals surface area (Å²) in [6.07, 6.45) is -3.61. The van der Waals surface area contributed by atoms with Gasteiger partial charge in [0.1, 0.15) is 5.54 Å². The second kappa shape index (κ2) is 13.1. The van der Waals surface area contributed by atoms with Gasteiger partial charge < -0.3 is 19.7 Å². The lowest BCUT2D eigenvalue weighted by Crippen LogP contribution is -2.68. The van der Waals surface area contributed by atoms with Gasteiger partial charge in [-0.3, -0.25) is 14.6 Å². The molecule has 2 fully saturated rings. The second-order valence-electron chi connectivity index (χ2n) is 8.92. The van der Waals surface area contributed by atoms with Crippen molar-refractivity contribution in [1.82, 2.24) is 24.3 Å². The number of piperazine rings is 1. The van der Waals surface area contributed by atoms with Crippen LogP contribution in [0.15, 0.2) is 25.2 Å². The first-order valence-electron chi connectivity index (χ1n) is 11.3. The summed E-state index contributed by atoms with van der Waals surface area (Å²) in [4.78, 5) is 42.1. The number of aliphatic carboxylic acids is 2. The molecule has 2 saturated heterocycles. The Balaban J connectivity index is 0.000000426. The smallest absolute Gasteiger partial charge is 0.475 e. The molecule has 216 valence electrons. The first kappa shape index (κ1) is 32.9. The molecule has 1 aromatic rings. The summed E-state index contributed by atoms with van der Waals surface area (Å²) in [5.41, 5.74) is 0.793. The zero-order valence-electron chi connectivity index (χ0n) is 21.1. The highest BCUT2D eigenvalue weighted by molar-refractivity contribution is 5.88. The molecule has 10 nitrogen and oxygen atoms in total. The van der Waals surface area contributed by atoms with E-state index in [1.165, 1.54) is 5.69 Å². The quantitative estimate of drug-likeness (QED) is 0.417. The summed E-state index contributed by atoms with van der Waals surface area (Å²) < 4.78 is 65.5. The second-order valence-corrected chi connectivity index (χ2v) is 8.92. The van der Waals surface area contributed by atoms with Crippen LogP contribution in [0.1, 0.15) is 26.0 Å². The number of carbonyl (C=O) groups excluding carboxylic acids is 1. The molecule has 0 bridgehead atoms. The standard InChI is InChI=1S/C18H29N5O.2C2HF3O2/c1-5-7-22-9-10-23(15(2)3)17(24)18(22)6-8-21(13-18)12-16-11-19-14-20(16)4;2*3-2(4,5)1(6)7/h5,11,14-15H,1,6-10,12-13H2,2-4H3;2*(H,6,7). The van der Waals surface area contributed by atoms with Crippen LogP contribution in [0.2, 0.25) is 0 Å². The molecule has 1 amide bonds. The zero-order valence-corrected chi connectivity index (χ0v) is 21.1. The van der Waals surface area contributed by atoms with Crippen molar-refractivity contribution in [2.24, 2.45) is 7.05 Å². The number of hydrogen-bond acceptors (Lipinski definition) is 6. The maximum atomic E-state index is 13.3. The third kappa shape index (κ3) is 8.72. The molecular weight excluding hydrogens is 528 g/mol. The molecule has 2 aliphatic heterocycles. The number of carboxylic acids is 2. The molecule has 0 saturated carbocycles. The number of aryl methyl sites for hydroxylation is 1. The van der Waals surface area contributed by atoms with E-state index in [4.69, 9.17) is 19.8 Å². The molecule has 1 spiro atoms. The number of imidazole rings is 1. The summed E-state index contributed by atoms with van der Waals surface area (Å²) in [6.45, 7) is 13.2. The molecule has 3 rings (SSSR count). The van der Waals surface area contributed by atoms with Crippen molar-refractivity contribution in [3.63, 3.8) is 0 Å². The van der Waals surface area contributed by atoms with E-state index in [2.05, 4.69) is 39.8 Å². The fourth-order valence-corrected chi connectivity index (χ4v) is 4.07. The van der Waals surface area contributed by atoms with E-state index >= 15 is 0 Å². The average Bonchev–Trinajstić information content (AvgIpc) is 3.38. The van der Waals surface area contributed by atoms with Gasteiger partial charge in [0, 0.05) is 58.6 Å². The van der Waals surface area contributed by atoms with Crippen LogP contribution in [0.25, 0.3) is 0 Å². The molecule has 2 N–H and O–H groups in total. The third-order valence-electron chi connectivity index (χ3n) is 5.96. The van der Waals surface area contributed by atoms with Gasteiger partial charge in [-0.2, -0.15) is 26.3 Å². The Morgan fingerprint density at radius 3 is 2.03 bits per heavy atom. The predicted octanol–water partition coefficient (Wildman–Crippen LogP) is 2.37. The van der Waals surface area contributed by atoms with Crippen molar-refractivity contribution in [2.45, 2.75) is 50.7 Å². The van der Waals surface area contributed by atoms with Crippen molar-refractivity contribution in [3.8, 4) is 0 Å². The number of halogens is 6. The molecule has 1 atom stereocenters. The van der Waals surface area contributed by atoms with E-state index in [9.17, 15) is 31.1 Å². The van der Waals surface area contributed by atoms with Crippen LogP contribution in [-0.2, 0) is 28.0 Å². The van der Waals surface area contributed by atoms with Crippen molar-refractivity contribution in [3.05, 3.63) is 30.9 Å². The Morgan fingerprint density at radius 1 is 1.11 bits per heavy atom. The van der Waals surface area contributed by atoms with E-state index in [0.717, 1.165) is 45.7 Å². The molecular formula is C22H31F6N5O5. The molecule has 2 aliphatic rings. The van der Waals surface area contributed by atoms with Crippen molar-refractivity contribution in [2.75, 3.05) is 32.7 Å². The maximum Gasteiger partial charge on any atom is 0.490 e. The highest BCUT2D eigenvalue weighted by Crippen LogP contribution is 2.34. The number of aromatic nitrogens is 2. The van der Waals surface area contributed by atoms with Crippen LogP contribution in [0.5, 0.6) is 0 Å². The molecule has 38 heavy (non-hydrogen) atoms. The molecule has 0 aliphatic carbocycles. The van der Waals surface area contributed by atoms with Gasteiger partial charge >= 0.3 is 24.3 Å². The number of rotatable bonds is 5. The van der Waals surface area contributed by atoms with Gasteiger partial charge in [-0.1, -0.05) is 6.08 Å². The summed E-state index contributed by atoms with van der Waals surface area (Å²) in [6, 6.07) is 0.256. The largest absolute Gasteiger partial charge is 0.490 e. The Hall–Kier alpha value is -3.14. The van der Waals surface area contributed by atoms with Gasteiger partial charge in [0.2, 0.25) is 5.91 Å². The molecule has 0 aromatic carbocycles. The summed E-state index contributed by atoms with van der Waals surface area (Å²) in [7, 11) is 2.02. The van der Waals surface area contributed by atoms with Crippen molar-refractivity contribution in [1.29, 1.82) is 0 Å². The van der Waals surface area contributed by atoms with Crippen LogP contribution in [-0.4, -0.2) is 109 Å². The fourth-order valence-electron chi connectivity index (χ4n) is 4.07. The Morgan fingerprint density at radius 2 is 1.63 bits per heavy atom. The van der Waals surface area contributed by atoms with E-state index in [0.29, 0.717) is 0 Å². The summed E-state index contributed by atoms with van der Waals surface area (Å²) in [5.74, 6) is -5.22. The Labute approximate surface area is 215 Å². The van der Waals surface area contributed by atoms with Gasteiger partial charge in [0.15, 0.2) is 0 Å². The van der Waals surface area contributed by atoms with E-state index in [1.54, 1.807) is 0 Å². The van der Waals surface area contributed by atoms with Gasteiger partial charge in [-0.15, -0.1) is 6.58 Å². The number of alkyl halides is 6. The van der Waals surface area contributed by atoms with Crippen LogP contribution in [0, 0.1) is 0 Å². The van der Waals surface area contributed by atoms with Crippen molar-refractivity contribution < 1.29 is 50.9 Å². The summed E-state index contributed by atoms with van der Waals surface area (Å²) >= 11 is 0. The minimum absolute atomic E-state index is 0.256. The fraction of sp³-hybridized carbons (Fsp3) is 0.636. The molecule has 3 heterocycles. The monoisotopic (exact) mass is 559 g/mol. The number of amides is 1. The molecule has 16 heteroatoms. The molecule has 1 aromatic heterocycles. The summed E-state index contributed by atoms with van der Waals surface area (Å²) in [5, 5.41) is 14.2. The molecule has 0 radical (unpaired) electrons. The lowest BCUT2D eigenvalue weighted by atomic mass is 9.90. The van der Waals surface area contributed by atoms with Gasteiger partial charge in [0.05, 0.1) is 12.0 Å². The predicted molar refractivity (Wildman–Crippen MR) is 122 cm³/mol.